The van der Waals surface area contributed by atoms with Gasteiger partial charge in [0.25, 0.3) is 5.91 Å². The fourth-order valence-corrected chi connectivity index (χ4v) is 2.65. The maximum atomic E-state index is 13.8. The Morgan fingerprint density at radius 2 is 1.86 bits per heavy atom. The van der Waals surface area contributed by atoms with Crippen LogP contribution in [0, 0.1) is 12.7 Å². The molecule has 144 valence electrons. The predicted octanol–water partition coefficient (Wildman–Crippen LogP) is 3.65. The Hall–Kier alpha value is -3.48. The van der Waals surface area contributed by atoms with Gasteiger partial charge < -0.3 is 15.4 Å². The topological polar surface area (TPSA) is 76.1 Å². The third-order valence-electron chi connectivity index (χ3n) is 4.07. The number of hydrogen-bond acceptors (Lipinski definition) is 5. The zero-order chi connectivity index (χ0) is 19.9. The number of carbonyl (C=O) groups is 1. The minimum absolute atomic E-state index is 0.223. The van der Waals surface area contributed by atoms with Crippen LogP contribution in [0.25, 0.3) is 0 Å². The molecule has 3 aromatic rings. The molecule has 0 unspecified atom stereocenters. The number of benzene rings is 2. The van der Waals surface area contributed by atoms with Crippen LogP contribution in [0.15, 0.2) is 54.6 Å². The lowest BCUT2D eigenvalue weighted by molar-refractivity contribution is 0.0949. The summed E-state index contributed by atoms with van der Waals surface area (Å²) >= 11 is 0. The van der Waals surface area contributed by atoms with Crippen molar-refractivity contribution in [1.29, 1.82) is 0 Å². The number of nitrogens with zero attached hydrogens (tertiary/aromatic N) is 2. The van der Waals surface area contributed by atoms with Crippen molar-refractivity contribution in [3.8, 4) is 5.75 Å². The number of aryl methyl sites for hydroxylation is 1. The molecule has 1 heterocycles. The fraction of sp³-hybridized carbons (Fsp3) is 0.190. The summed E-state index contributed by atoms with van der Waals surface area (Å²) in [6.45, 7) is 2.14. The molecule has 7 heteroatoms. The molecule has 0 aliphatic carbocycles. The van der Waals surface area contributed by atoms with Crippen LogP contribution in [0.3, 0.4) is 0 Å². The molecule has 0 atom stereocenters. The molecule has 0 aliphatic heterocycles. The summed E-state index contributed by atoms with van der Waals surface area (Å²) in [5.41, 5.74) is 1.59. The molecular weight excluding hydrogens is 359 g/mol. The van der Waals surface area contributed by atoms with Crippen LogP contribution in [0.5, 0.6) is 5.75 Å². The molecule has 2 N–H and O–H groups in total. The molecule has 28 heavy (non-hydrogen) atoms. The second-order valence-corrected chi connectivity index (χ2v) is 6.14. The highest BCUT2D eigenvalue weighted by atomic mass is 19.1. The summed E-state index contributed by atoms with van der Waals surface area (Å²) in [5.74, 6) is 0.860. The molecule has 0 fully saturated rings. The normalized spacial score (nSPS) is 10.4. The van der Waals surface area contributed by atoms with E-state index < -0.39 is 5.82 Å². The van der Waals surface area contributed by atoms with Crippen molar-refractivity contribution in [2.24, 2.45) is 0 Å². The van der Waals surface area contributed by atoms with Crippen LogP contribution in [-0.2, 0) is 6.42 Å². The number of nitrogens with one attached hydrogen (secondary N) is 2. The number of para-hydroxylation sites is 1. The number of rotatable bonds is 7. The van der Waals surface area contributed by atoms with Crippen molar-refractivity contribution in [1.82, 2.24) is 15.3 Å². The summed E-state index contributed by atoms with van der Waals surface area (Å²) < 4.78 is 18.9. The van der Waals surface area contributed by atoms with Crippen LogP contribution in [-0.4, -0.2) is 29.5 Å². The van der Waals surface area contributed by atoms with E-state index in [0.717, 1.165) is 11.3 Å². The summed E-state index contributed by atoms with van der Waals surface area (Å²) in [5, 5.41) is 5.73. The van der Waals surface area contributed by atoms with Crippen LogP contribution in [0.1, 0.15) is 21.9 Å². The zero-order valence-electron chi connectivity index (χ0n) is 15.7. The molecule has 0 saturated heterocycles. The van der Waals surface area contributed by atoms with Gasteiger partial charge in [0.15, 0.2) is 0 Å². The SMILES string of the molecule is COc1ccc(CCNC(=O)c2cc(Nc3ccccc3F)nc(C)n2)cc1. The monoisotopic (exact) mass is 380 g/mol. The molecule has 0 radical (unpaired) electrons. The van der Waals surface area contributed by atoms with E-state index in [-0.39, 0.29) is 17.3 Å². The maximum absolute atomic E-state index is 13.8. The van der Waals surface area contributed by atoms with Gasteiger partial charge in [-0.2, -0.15) is 0 Å². The van der Waals surface area contributed by atoms with Gasteiger partial charge >= 0.3 is 0 Å². The second kappa shape index (κ2) is 8.94. The molecule has 1 amide bonds. The highest BCUT2D eigenvalue weighted by Gasteiger charge is 2.11. The van der Waals surface area contributed by atoms with Crippen LogP contribution in [0.2, 0.25) is 0 Å². The van der Waals surface area contributed by atoms with E-state index in [1.54, 1.807) is 32.2 Å². The Kier molecular flexibility index (Phi) is 6.16. The second-order valence-electron chi connectivity index (χ2n) is 6.14. The highest BCUT2D eigenvalue weighted by Crippen LogP contribution is 2.18. The third kappa shape index (κ3) is 5.03. The number of anilines is 2. The standard InChI is InChI=1S/C21H21FN4O2/c1-14-24-19(13-20(25-14)26-18-6-4-3-5-17(18)22)21(27)23-12-11-15-7-9-16(28-2)10-8-15/h3-10,13H,11-12H2,1-2H3,(H,23,27)(H,24,25,26). The zero-order valence-corrected chi connectivity index (χ0v) is 15.7. The third-order valence-corrected chi connectivity index (χ3v) is 4.07. The lowest BCUT2D eigenvalue weighted by Gasteiger charge is -2.10. The molecular formula is C21H21FN4O2. The first-order valence-corrected chi connectivity index (χ1v) is 8.83. The average Bonchev–Trinajstić information content (AvgIpc) is 2.70. The van der Waals surface area contributed by atoms with Gasteiger partial charge in [-0.3, -0.25) is 4.79 Å². The molecule has 0 spiro atoms. The molecule has 1 aromatic heterocycles. The number of halogens is 1. The van der Waals surface area contributed by atoms with Crippen LogP contribution >= 0.6 is 0 Å². The lowest BCUT2D eigenvalue weighted by Crippen LogP contribution is -2.27. The molecule has 0 saturated carbocycles. The Balaban J connectivity index is 1.63. The van der Waals surface area contributed by atoms with Gasteiger partial charge in [-0.15, -0.1) is 0 Å². The summed E-state index contributed by atoms with van der Waals surface area (Å²) in [7, 11) is 1.62. The number of carbonyl (C=O) groups excluding carboxylic acids is 1. The number of ether oxygens (including phenoxy) is 1. The predicted molar refractivity (Wildman–Crippen MR) is 105 cm³/mol. The van der Waals surface area contributed by atoms with E-state index in [9.17, 15) is 9.18 Å². The largest absolute Gasteiger partial charge is 0.497 e. The lowest BCUT2D eigenvalue weighted by atomic mass is 10.1. The van der Waals surface area contributed by atoms with Crippen LogP contribution < -0.4 is 15.4 Å². The summed E-state index contributed by atoms with van der Waals surface area (Å²) in [6.07, 6.45) is 0.681. The smallest absolute Gasteiger partial charge is 0.270 e. The quantitative estimate of drug-likeness (QED) is 0.654. The van der Waals surface area contributed by atoms with Gasteiger partial charge in [0.2, 0.25) is 0 Å². The van der Waals surface area contributed by atoms with E-state index in [0.29, 0.717) is 24.6 Å². The Bertz CT molecular complexity index is 961. The summed E-state index contributed by atoms with van der Waals surface area (Å²) in [4.78, 5) is 20.8. The number of aromatic nitrogens is 2. The fourth-order valence-electron chi connectivity index (χ4n) is 2.65. The minimum Gasteiger partial charge on any atom is -0.497 e. The van der Waals surface area contributed by atoms with E-state index >= 15 is 0 Å². The van der Waals surface area contributed by atoms with Gasteiger partial charge in [-0.25, -0.2) is 14.4 Å². The van der Waals surface area contributed by atoms with Gasteiger partial charge in [-0.05, 0) is 43.2 Å². The number of methoxy groups -OCH3 is 1. The molecule has 6 nitrogen and oxygen atoms in total. The first-order chi connectivity index (χ1) is 13.5. The van der Waals surface area contributed by atoms with Crippen molar-refractivity contribution in [3.63, 3.8) is 0 Å². The minimum atomic E-state index is -0.399. The van der Waals surface area contributed by atoms with Gasteiger partial charge in [0.05, 0.1) is 12.8 Å². The first-order valence-electron chi connectivity index (χ1n) is 8.83. The van der Waals surface area contributed by atoms with Gasteiger partial charge in [-0.1, -0.05) is 24.3 Å². The Labute approximate surface area is 162 Å². The summed E-state index contributed by atoms with van der Waals surface area (Å²) in [6, 6.07) is 15.4. The average molecular weight is 380 g/mol. The molecule has 0 bridgehead atoms. The first kappa shape index (κ1) is 19.3. The van der Waals surface area contributed by atoms with E-state index in [4.69, 9.17) is 4.74 Å². The van der Waals surface area contributed by atoms with Crippen molar-refractivity contribution in [2.75, 3.05) is 19.0 Å². The van der Waals surface area contributed by atoms with Gasteiger partial charge in [0, 0.05) is 12.6 Å². The van der Waals surface area contributed by atoms with Crippen molar-refractivity contribution < 1.29 is 13.9 Å². The van der Waals surface area contributed by atoms with Crippen molar-refractivity contribution >= 4 is 17.4 Å². The molecule has 3 rings (SSSR count). The van der Waals surface area contributed by atoms with E-state index in [1.807, 2.05) is 24.3 Å². The molecule has 2 aromatic carbocycles. The number of amides is 1. The Morgan fingerprint density at radius 3 is 2.57 bits per heavy atom. The maximum Gasteiger partial charge on any atom is 0.270 e. The van der Waals surface area contributed by atoms with Crippen molar-refractivity contribution in [2.45, 2.75) is 13.3 Å². The molecule has 0 aliphatic rings. The number of hydrogen-bond donors (Lipinski definition) is 2. The highest BCUT2D eigenvalue weighted by molar-refractivity contribution is 5.93. The Morgan fingerprint density at radius 1 is 1.11 bits per heavy atom. The van der Waals surface area contributed by atoms with Crippen LogP contribution in [0.4, 0.5) is 15.9 Å². The van der Waals surface area contributed by atoms with E-state index in [1.165, 1.54) is 12.1 Å². The van der Waals surface area contributed by atoms with Gasteiger partial charge in [0.1, 0.15) is 28.9 Å². The van der Waals surface area contributed by atoms with E-state index in [2.05, 4.69) is 20.6 Å². The van der Waals surface area contributed by atoms with Crippen molar-refractivity contribution in [3.05, 3.63) is 77.5 Å².